The van der Waals surface area contributed by atoms with Crippen molar-refractivity contribution >= 4 is 16.9 Å². The maximum atomic E-state index is 14.7. The second-order valence-electron chi connectivity index (χ2n) is 9.42. The first kappa shape index (κ1) is 30.1. The molecule has 2 aromatic carbocycles. The first-order chi connectivity index (χ1) is 19.5. The molecule has 0 saturated carbocycles. The number of amides is 1. The van der Waals surface area contributed by atoms with E-state index in [9.17, 15) is 29.3 Å². The van der Waals surface area contributed by atoms with Crippen molar-refractivity contribution in [3.8, 4) is 34.3 Å². The minimum Gasteiger partial charge on any atom is -0.496 e. The highest BCUT2D eigenvalue weighted by Crippen LogP contribution is 2.46. The van der Waals surface area contributed by atoms with Gasteiger partial charge in [0.25, 0.3) is 11.8 Å². The van der Waals surface area contributed by atoms with E-state index in [0.717, 1.165) is 19.6 Å². The molecule has 13 heteroatoms. The van der Waals surface area contributed by atoms with Crippen molar-refractivity contribution in [1.82, 2.24) is 5.32 Å². The third-order valence-electron chi connectivity index (χ3n) is 6.98. The van der Waals surface area contributed by atoms with E-state index in [1.54, 1.807) is 18.2 Å². The van der Waals surface area contributed by atoms with E-state index in [4.69, 9.17) is 28.1 Å². The molecule has 0 radical (unpaired) electrons. The van der Waals surface area contributed by atoms with Gasteiger partial charge >= 0.3 is 0 Å². The first-order valence-electron chi connectivity index (χ1n) is 12.7. The highest BCUT2D eigenvalue weighted by atomic mass is 19.1. The summed E-state index contributed by atoms with van der Waals surface area (Å²) in [4.78, 5) is 26.1. The maximum absolute atomic E-state index is 14.7. The Balaban J connectivity index is 1.87. The zero-order chi connectivity index (χ0) is 29.9. The summed E-state index contributed by atoms with van der Waals surface area (Å²) in [5.74, 6) is -4.38. The molecule has 2 heterocycles. The number of benzene rings is 2. The number of ether oxygens (including phenoxy) is 5. The topological polar surface area (TPSA) is 166 Å². The van der Waals surface area contributed by atoms with Crippen molar-refractivity contribution in [2.24, 2.45) is 0 Å². The van der Waals surface area contributed by atoms with Gasteiger partial charge in [-0.3, -0.25) is 9.59 Å². The maximum Gasteiger partial charge on any atom is 0.284 e. The van der Waals surface area contributed by atoms with Crippen LogP contribution in [0, 0.1) is 0 Å². The summed E-state index contributed by atoms with van der Waals surface area (Å²) >= 11 is 0. The third kappa shape index (κ3) is 5.40. The lowest BCUT2D eigenvalue weighted by Crippen LogP contribution is -2.65. The molecule has 1 amide bonds. The number of methoxy groups -OCH3 is 4. The van der Waals surface area contributed by atoms with Gasteiger partial charge in [0.15, 0.2) is 22.5 Å². The number of carbonyl (C=O) groups is 1. The molecule has 1 saturated heterocycles. The van der Waals surface area contributed by atoms with E-state index in [1.807, 2.05) is 5.32 Å². The number of rotatable bonds is 10. The van der Waals surface area contributed by atoms with Gasteiger partial charge < -0.3 is 48.7 Å². The van der Waals surface area contributed by atoms with E-state index < -0.39 is 46.9 Å². The molecule has 3 aromatic rings. The van der Waals surface area contributed by atoms with Crippen LogP contribution in [0.1, 0.15) is 24.8 Å². The van der Waals surface area contributed by atoms with Gasteiger partial charge in [-0.05, 0) is 37.5 Å². The normalized spacial score (nSPS) is 17.0. The summed E-state index contributed by atoms with van der Waals surface area (Å²) in [6.07, 6.45) is 0.641. The fraction of sp³-hybridized carbons (Fsp3) is 0.429. The Morgan fingerprint density at radius 1 is 1.00 bits per heavy atom. The highest BCUT2D eigenvalue weighted by molar-refractivity contribution is 5.89. The van der Waals surface area contributed by atoms with Gasteiger partial charge in [-0.2, -0.15) is 0 Å². The summed E-state index contributed by atoms with van der Waals surface area (Å²) in [6, 6.07) is 7.17. The molecule has 1 fully saturated rings. The minimum absolute atomic E-state index is 0.0814. The number of halogens is 1. The average molecular weight is 578 g/mol. The Kier molecular flexibility index (Phi) is 8.73. The molecule has 4 N–H and O–H groups in total. The van der Waals surface area contributed by atoms with Crippen molar-refractivity contribution in [2.45, 2.75) is 36.9 Å². The minimum atomic E-state index is -3.59. The molecule has 0 bridgehead atoms. The summed E-state index contributed by atoms with van der Waals surface area (Å²) in [5.41, 5.74) is -4.20. The van der Waals surface area contributed by atoms with Crippen LogP contribution < -0.4 is 29.7 Å². The van der Waals surface area contributed by atoms with Crippen LogP contribution in [-0.4, -0.2) is 75.0 Å². The number of fused-ring (bicyclic) bond motifs is 1. The van der Waals surface area contributed by atoms with E-state index in [0.29, 0.717) is 29.9 Å². The van der Waals surface area contributed by atoms with Gasteiger partial charge in [0.1, 0.15) is 41.0 Å². The SMILES string of the molecule is COc1ccc(-c2cc(=O)c3c(OC)c(C(O)(CF)C(O)(O)NC(=O)C4CCCCO4)c(OC)cc3o2)cc1OC. The lowest BCUT2D eigenvalue weighted by molar-refractivity contribution is -0.300. The predicted molar refractivity (Wildman–Crippen MR) is 143 cm³/mol. The van der Waals surface area contributed by atoms with E-state index in [2.05, 4.69) is 0 Å². The standard InChI is InChI=1S/C28H32FNO11/c1-36-17-9-8-15(11-20(17)37-2)19-12-16(31)23-21(41-19)13-22(38-3)24(25(23)39-4)27(33,14-29)28(34,35)30-26(32)18-7-5-6-10-40-18/h8-9,11-13,18,33-35H,5-7,10,14H2,1-4H3,(H,30,32). The van der Waals surface area contributed by atoms with Crippen LogP contribution in [0.5, 0.6) is 23.0 Å². The Bertz CT molecular complexity index is 1480. The molecule has 41 heavy (non-hydrogen) atoms. The Hall–Kier alpha value is -3.91. The zero-order valence-electron chi connectivity index (χ0n) is 23.0. The van der Waals surface area contributed by atoms with Crippen molar-refractivity contribution in [3.05, 3.63) is 46.1 Å². The van der Waals surface area contributed by atoms with Crippen molar-refractivity contribution in [2.75, 3.05) is 41.7 Å². The largest absolute Gasteiger partial charge is 0.496 e. The van der Waals surface area contributed by atoms with Gasteiger partial charge in [0.2, 0.25) is 0 Å². The monoisotopic (exact) mass is 577 g/mol. The van der Waals surface area contributed by atoms with E-state index in [1.165, 1.54) is 27.4 Å². The fourth-order valence-electron chi connectivity index (χ4n) is 4.79. The van der Waals surface area contributed by atoms with Crippen LogP contribution in [0.2, 0.25) is 0 Å². The van der Waals surface area contributed by atoms with Crippen LogP contribution >= 0.6 is 0 Å². The summed E-state index contributed by atoms with van der Waals surface area (Å²) < 4.78 is 47.3. The molecule has 1 aromatic heterocycles. The van der Waals surface area contributed by atoms with Crippen LogP contribution in [0.4, 0.5) is 4.39 Å². The number of hydrogen-bond donors (Lipinski definition) is 4. The molecular formula is C28H32FNO11. The second kappa shape index (κ2) is 11.9. The van der Waals surface area contributed by atoms with Gasteiger partial charge in [-0.25, -0.2) is 4.39 Å². The smallest absolute Gasteiger partial charge is 0.284 e. The molecule has 0 aliphatic carbocycles. The number of alkyl halides is 1. The quantitative estimate of drug-likeness (QED) is 0.260. The molecule has 12 nitrogen and oxygen atoms in total. The third-order valence-corrected chi connectivity index (χ3v) is 6.98. The van der Waals surface area contributed by atoms with Crippen molar-refractivity contribution in [1.29, 1.82) is 0 Å². The Morgan fingerprint density at radius 3 is 2.29 bits per heavy atom. The second-order valence-corrected chi connectivity index (χ2v) is 9.42. The molecule has 1 aliphatic rings. The zero-order valence-corrected chi connectivity index (χ0v) is 23.0. The predicted octanol–water partition coefficient (Wildman–Crippen LogP) is 1.98. The van der Waals surface area contributed by atoms with Crippen LogP contribution in [0.25, 0.3) is 22.3 Å². The van der Waals surface area contributed by atoms with Crippen molar-refractivity contribution in [3.63, 3.8) is 0 Å². The number of aliphatic hydroxyl groups is 3. The molecule has 2 unspecified atom stereocenters. The molecule has 222 valence electrons. The lowest BCUT2D eigenvalue weighted by atomic mass is 9.87. The van der Waals surface area contributed by atoms with Gasteiger partial charge in [0, 0.05) is 24.3 Å². The molecule has 4 rings (SSSR count). The van der Waals surface area contributed by atoms with Crippen LogP contribution in [0.15, 0.2) is 39.5 Å². The van der Waals surface area contributed by atoms with Gasteiger partial charge in [-0.15, -0.1) is 0 Å². The van der Waals surface area contributed by atoms with Crippen LogP contribution in [-0.2, 0) is 15.1 Å². The molecule has 0 spiro atoms. The van der Waals surface area contributed by atoms with Crippen molar-refractivity contribution < 1.29 is 52.6 Å². The molecular weight excluding hydrogens is 545 g/mol. The summed E-state index contributed by atoms with van der Waals surface area (Å²) in [7, 11) is 5.23. The summed E-state index contributed by atoms with van der Waals surface area (Å²) in [5, 5.41) is 34.8. The number of carbonyl (C=O) groups excluding carboxylic acids is 1. The molecule has 1 aliphatic heterocycles. The fourth-order valence-corrected chi connectivity index (χ4v) is 4.79. The highest BCUT2D eigenvalue weighted by Gasteiger charge is 2.56. The van der Waals surface area contributed by atoms with Crippen LogP contribution in [0.3, 0.4) is 0 Å². The molecule has 2 atom stereocenters. The van der Waals surface area contributed by atoms with Gasteiger partial charge in [0.05, 0.1) is 34.0 Å². The lowest BCUT2D eigenvalue weighted by Gasteiger charge is -2.39. The van der Waals surface area contributed by atoms with Gasteiger partial charge in [-0.1, -0.05) is 0 Å². The average Bonchev–Trinajstić information content (AvgIpc) is 2.99. The summed E-state index contributed by atoms with van der Waals surface area (Å²) in [6.45, 7) is -1.55. The first-order valence-corrected chi connectivity index (χ1v) is 12.7. The Labute approximate surface area is 234 Å². The van der Waals surface area contributed by atoms with E-state index >= 15 is 0 Å². The number of nitrogens with one attached hydrogen (secondary N) is 1. The van der Waals surface area contributed by atoms with E-state index in [-0.39, 0.29) is 29.1 Å². The number of hydrogen-bond acceptors (Lipinski definition) is 11. The Morgan fingerprint density at radius 2 is 1.71 bits per heavy atom.